The third-order valence-corrected chi connectivity index (χ3v) is 4.91. The minimum Gasteiger partial charge on any atom is -0.384 e. The minimum absolute atomic E-state index is 0.112. The molecule has 0 amide bonds. The highest BCUT2D eigenvalue weighted by molar-refractivity contribution is 9.10. The highest BCUT2D eigenvalue weighted by Crippen LogP contribution is 2.25. The molecule has 0 spiro atoms. The van der Waals surface area contributed by atoms with Crippen LogP contribution in [-0.4, -0.2) is 28.7 Å². The molecule has 1 aromatic rings. The quantitative estimate of drug-likeness (QED) is 0.852. The Morgan fingerprint density at radius 2 is 2.17 bits per heavy atom. The van der Waals surface area contributed by atoms with Crippen molar-refractivity contribution >= 4 is 37.6 Å². The Balaban J connectivity index is 2.77. The molecule has 0 aliphatic carbocycles. The molecule has 18 heavy (non-hydrogen) atoms. The topological polar surface area (TPSA) is 55.4 Å². The predicted octanol–water partition coefficient (Wildman–Crippen LogP) is 2.66. The van der Waals surface area contributed by atoms with E-state index in [2.05, 4.69) is 20.7 Å². The first kappa shape index (κ1) is 15.9. The van der Waals surface area contributed by atoms with Crippen molar-refractivity contribution in [1.29, 1.82) is 0 Å². The third-order valence-electron chi connectivity index (χ3n) is 2.27. The number of rotatable bonds is 6. The van der Waals surface area contributed by atoms with E-state index < -0.39 is 10.0 Å². The largest absolute Gasteiger partial charge is 0.384 e. The summed E-state index contributed by atoms with van der Waals surface area (Å²) in [7, 11) is -1.92. The fourth-order valence-corrected chi connectivity index (χ4v) is 3.16. The van der Waals surface area contributed by atoms with Gasteiger partial charge in [-0.25, -0.2) is 13.1 Å². The summed E-state index contributed by atoms with van der Waals surface area (Å²) in [5, 5.41) is 0.474. The van der Waals surface area contributed by atoms with Gasteiger partial charge in [-0.15, -0.1) is 0 Å². The van der Waals surface area contributed by atoms with Crippen molar-refractivity contribution in [3.63, 3.8) is 0 Å². The molecule has 0 fully saturated rings. The Morgan fingerprint density at radius 1 is 1.50 bits per heavy atom. The summed E-state index contributed by atoms with van der Waals surface area (Å²) in [5.74, 6) is 0.112. The van der Waals surface area contributed by atoms with Crippen LogP contribution in [0.25, 0.3) is 0 Å². The Bertz CT molecular complexity index is 507. The molecule has 1 unspecified atom stereocenters. The van der Waals surface area contributed by atoms with Crippen LogP contribution >= 0.6 is 27.5 Å². The van der Waals surface area contributed by atoms with E-state index in [4.69, 9.17) is 16.3 Å². The second-order valence-corrected chi connectivity index (χ2v) is 7.02. The van der Waals surface area contributed by atoms with Crippen LogP contribution in [0.15, 0.2) is 27.6 Å². The lowest BCUT2D eigenvalue weighted by molar-refractivity contribution is 0.161. The summed E-state index contributed by atoms with van der Waals surface area (Å²) in [6, 6.07) is 4.49. The lowest BCUT2D eigenvalue weighted by Gasteiger charge is -2.12. The van der Waals surface area contributed by atoms with Crippen LogP contribution in [0.2, 0.25) is 5.02 Å². The molecular formula is C11H15BrClNO3S. The fraction of sp³-hybridized carbons (Fsp3) is 0.455. The van der Waals surface area contributed by atoms with Crippen molar-refractivity contribution < 1.29 is 13.2 Å². The van der Waals surface area contributed by atoms with E-state index in [1.165, 1.54) is 12.1 Å². The van der Waals surface area contributed by atoms with Crippen LogP contribution in [0.5, 0.6) is 0 Å². The summed E-state index contributed by atoms with van der Waals surface area (Å²) in [6.07, 6.45) is 0. The molecule has 1 N–H and O–H groups in total. The van der Waals surface area contributed by atoms with Gasteiger partial charge < -0.3 is 4.74 Å². The molecule has 4 nitrogen and oxygen atoms in total. The third kappa shape index (κ3) is 4.51. The smallest absolute Gasteiger partial charge is 0.240 e. The van der Waals surface area contributed by atoms with E-state index in [9.17, 15) is 8.42 Å². The van der Waals surface area contributed by atoms with E-state index in [1.807, 2.05) is 6.92 Å². The average Bonchev–Trinajstić information content (AvgIpc) is 2.30. The van der Waals surface area contributed by atoms with Gasteiger partial charge in [0.2, 0.25) is 10.0 Å². The van der Waals surface area contributed by atoms with Gasteiger partial charge in [0, 0.05) is 24.7 Å². The van der Waals surface area contributed by atoms with Gasteiger partial charge >= 0.3 is 0 Å². The van der Waals surface area contributed by atoms with Crippen molar-refractivity contribution in [1.82, 2.24) is 4.72 Å². The number of hydrogen-bond acceptors (Lipinski definition) is 3. The highest BCUT2D eigenvalue weighted by atomic mass is 79.9. The van der Waals surface area contributed by atoms with Crippen LogP contribution in [0.3, 0.4) is 0 Å². The van der Waals surface area contributed by atoms with E-state index in [-0.39, 0.29) is 10.8 Å². The molecule has 0 saturated heterocycles. The zero-order chi connectivity index (χ0) is 13.8. The molecule has 7 heteroatoms. The summed E-state index contributed by atoms with van der Waals surface area (Å²) < 4.78 is 32.0. The van der Waals surface area contributed by atoms with Crippen molar-refractivity contribution in [2.45, 2.75) is 11.8 Å². The number of nitrogens with one attached hydrogen (secondary N) is 1. The van der Waals surface area contributed by atoms with E-state index in [1.54, 1.807) is 13.2 Å². The Labute approximate surface area is 121 Å². The fourth-order valence-electron chi connectivity index (χ4n) is 1.32. The van der Waals surface area contributed by atoms with Gasteiger partial charge in [0.25, 0.3) is 0 Å². The van der Waals surface area contributed by atoms with Crippen molar-refractivity contribution in [3.05, 3.63) is 27.7 Å². The summed E-state index contributed by atoms with van der Waals surface area (Å²) >= 11 is 9.02. The van der Waals surface area contributed by atoms with Crippen molar-refractivity contribution in [3.8, 4) is 0 Å². The van der Waals surface area contributed by atoms with Gasteiger partial charge in [-0.2, -0.15) is 0 Å². The molecule has 102 valence electrons. The van der Waals surface area contributed by atoms with Crippen LogP contribution in [-0.2, 0) is 14.8 Å². The summed E-state index contributed by atoms with van der Waals surface area (Å²) in [4.78, 5) is 0.184. The SMILES string of the molecule is COCC(C)CNS(=O)(=O)c1ccc(Cl)c(Br)c1. The van der Waals surface area contributed by atoms with Gasteiger partial charge in [-0.05, 0) is 40.0 Å². The number of sulfonamides is 1. The summed E-state index contributed by atoms with van der Waals surface area (Å²) in [5.41, 5.74) is 0. The molecule has 0 bridgehead atoms. The number of hydrogen-bond donors (Lipinski definition) is 1. The monoisotopic (exact) mass is 355 g/mol. The number of ether oxygens (including phenoxy) is 1. The molecule has 0 aliphatic heterocycles. The molecule has 0 aromatic heterocycles. The first-order valence-electron chi connectivity index (χ1n) is 5.30. The Kier molecular flexibility index (Phi) is 6.07. The maximum absolute atomic E-state index is 12.0. The van der Waals surface area contributed by atoms with Gasteiger partial charge in [0.15, 0.2) is 0 Å². The zero-order valence-electron chi connectivity index (χ0n) is 10.1. The zero-order valence-corrected chi connectivity index (χ0v) is 13.3. The average molecular weight is 357 g/mol. The van der Waals surface area contributed by atoms with Crippen LogP contribution in [0.4, 0.5) is 0 Å². The van der Waals surface area contributed by atoms with Gasteiger partial charge in [0.05, 0.1) is 9.92 Å². The summed E-state index contributed by atoms with van der Waals surface area (Å²) in [6.45, 7) is 2.74. The van der Waals surface area contributed by atoms with E-state index in [0.29, 0.717) is 22.6 Å². The minimum atomic E-state index is -3.51. The van der Waals surface area contributed by atoms with Crippen molar-refractivity contribution in [2.75, 3.05) is 20.3 Å². The first-order chi connectivity index (χ1) is 8.36. The Morgan fingerprint density at radius 3 is 2.72 bits per heavy atom. The van der Waals surface area contributed by atoms with Crippen molar-refractivity contribution in [2.24, 2.45) is 5.92 Å². The maximum atomic E-state index is 12.0. The molecule has 0 heterocycles. The first-order valence-corrected chi connectivity index (χ1v) is 7.96. The number of halogens is 2. The molecule has 0 saturated carbocycles. The molecule has 0 radical (unpaired) electrons. The normalized spacial score (nSPS) is 13.6. The highest BCUT2D eigenvalue weighted by Gasteiger charge is 2.16. The van der Waals surface area contributed by atoms with E-state index >= 15 is 0 Å². The molecule has 1 atom stereocenters. The number of methoxy groups -OCH3 is 1. The molecule has 1 rings (SSSR count). The van der Waals surface area contributed by atoms with Crippen LogP contribution in [0.1, 0.15) is 6.92 Å². The van der Waals surface area contributed by atoms with E-state index in [0.717, 1.165) is 0 Å². The Hall–Kier alpha value is -0.140. The molecular weight excluding hydrogens is 342 g/mol. The standard InChI is InChI=1S/C11H15BrClNO3S/c1-8(7-17-2)6-14-18(15,16)9-3-4-11(13)10(12)5-9/h3-5,8,14H,6-7H2,1-2H3. The predicted molar refractivity (Wildman–Crippen MR) is 75.4 cm³/mol. The van der Waals surface area contributed by atoms with Crippen LogP contribution < -0.4 is 4.72 Å². The van der Waals surface area contributed by atoms with Crippen LogP contribution in [0, 0.1) is 5.92 Å². The van der Waals surface area contributed by atoms with Gasteiger partial charge in [-0.3, -0.25) is 0 Å². The lowest BCUT2D eigenvalue weighted by Crippen LogP contribution is -2.30. The number of benzene rings is 1. The van der Waals surface area contributed by atoms with Gasteiger partial charge in [-0.1, -0.05) is 18.5 Å². The van der Waals surface area contributed by atoms with Gasteiger partial charge in [0.1, 0.15) is 0 Å². The maximum Gasteiger partial charge on any atom is 0.240 e. The molecule has 0 aliphatic rings. The second-order valence-electron chi connectivity index (χ2n) is 3.99. The second kappa shape index (κ2) is 6.86. The lowest BCUT2D eigenvalue weighted by atomic mass is 10.2. The molecule has 1 aromatic carbocycles.